The van der Waals surface area contributed by atoms with Gasteiger partial charge in [0.2, 0.25) is 11.3 Å². The maximum Gasteiger partial charge on any atom is 0.343 e. The molecule has 0 aliphatic heterocycles. The van der Waals surface area contributed by atoms with Crippen molar-refractivity contribution in [2.45, 2.75) is 26.8 Å². The van der Waals surface area contributed by atoms with Crippen LogP contribution in [0.4, 0.5) is 5.69 Å². The molecule has 3 aromatic rings. The van der Waals surface area contributed by atoms with E-state index < -0.39 is 11.4 Å². The molecule has 0 radical (unpaired) electrons. The lowest BCUT2D eigenvalue weighted by Gasteiger charge is -2.13. The van der Waals surface area contributed by atoms with Gasteiger partial charge < -0.3 is 14.6 Å². The molecule has 28 heavy (non-hydrogen) atoms. The second-order valence-corrected chi connectivity index (χ2v) is 6.42. The number of amides is 1. The fourth-order valence-electron chi connectivity index (χ4n) is 2.96. The van der Waals surface area contributed by atoms with E-state index in [0.29, 0.717) is 17.0 Å². The van der Waals surface area contributed by atoms with E-state index in [-0.39, 0.29) is 23.4 Å². The summed E-state index contributed by atoms with van der Waals surface area (Å²) in [7, 11) is 1.21. The lowest BCUT2D eigenvalue weighted by molar-refractivity contribution is -0.116. The van der Waals surface area contributed by atoms with Crippen LogP contribution in [-0.4, -0.2) is 28.5 Å². The molecule has 3 rings (SSSR count). The summed E-state index contributed by atoms with van der Waals surface area (Å²) in [6.45, 7) is 3.72. The first kappa shape index (κ1) is 19.3. The second kappa shape index (κ2) is 8.04. The molecule has 144 valence electrons. The summed E-state index contributed by atoms with van der Waals surface area (Å²) >= 11 is 0. The van der Waals surface area contributed by atoms with Crippen LogP contribution in [-0.2, 0) is 22.5 Å². The van der Waals surface area contributed by atoms with E-state index in [4.69, 9.17) is 4.74 Å². The van der Waals surface area contributed by atoms with E-state index in [2.05, 4.69) is 10.3 Å². The molecule has 0 aliphatic carbocycles. The molecular weight excluding hydrogens is 358 g/mol. The van der Waals surface area contributed by atoms with Gasteiger partial charge in [0.15, 0.2) is 0 Å². The summed E-state index contributed by atoms with van der Waals surface area (Å²) in [5, 5.41) is 3.10. The van der Waals surface area contributed by atoms with Crippen molar-refractivity contribution in [1.82, 2.24) is 9.55 Å². The number of pyridine rings is 2. The summed E-state index contributed by atoms with van der Waals surface area (Å²) in [5.41, 5.74) is 2.23. The van der Waals surface area contributed by atoms with Crippen molar-refractivity contribution in [3.63, 3.8) is 0 Å². The Morgan fingerprint density at radius 1 is 1.21 bits per heavy atom. The van der Waals surface area contributed by atoms with Crippen LogP contribution in [0, 0.1) is 6.92 Å². The summed E-state index contributed by atoms with van der Waals surface area (Å²) in [6, 6.07) is 10.9. The Balaban J connectivity index is 2.00. The van der Waals surface area contributed by atoms with Crippen LogP contribution in [0.5, 0.6) is 0 Å². The van der Waals surface area contributed by atoms with Gasteiger partial charge in [-0.3, -0.25) is 9.59 Å². The standard InChI is InChI=1S/C21H21N3O4/c1-4-14-6-5-7-15(10-14)23-18(25)12-24-11-17(21(27)28-3)19(26)16-9-8-13(2)22-20(16)24/h5-11H,4,12H2,1-3H3,(H,23,25). The minimum atomic E-state index is -0.753. The molecule has 0 saturated carbocycles. The molecule has 7 nitrogen and oxygen atoms in total. The van der Waals surface area contributed by atoms with E-state index in [1.807, 2.05) is 31.2 Å². The van der Waals surface area contributed by atoms with Gasteiger partial charge in [0.25, 0.3) is 0 Å². The SMILES string of the molecule is CCc1cccc(NC(=O)Cn2cc(C(=O)OC)c(=O)c3ccc(C)nc32)c1. The number of hydrogen-bond donors (Lipinski definition) is 1. The molecule has 7 heteroatoms. The van der Waals surface area contributed by atoms with Crippen molar-refractivity contribution >= 4 is 28.6 Å². The van der Waals surface area contributed by atoms with Crippen LogP contribution < -0.4 is 10.7 Å². The third kappa shape index (κ3) is 3.93. The van der Waals surface area contributed by atoms with Gasteiger partial charge in [-0.05, 0) is 43.2 Å². The molecule has 2 heterocycles. The maximum atomic E-state index is 12.6. The second-order valence-electron chi connectivity index (χ2n) is 6.42. The number of carbonyl (C=O) groups is 2. The molecule has 0 fully saturated rings. The zero-order valence-electron chi connectivity index (χ0n) is 16.0. The van der Waals surface area contributed by atoms with Crippen LogP contribution in [0.15, 0.2) is 47.4 Å². The third-order valence-corrected chi connectivity index (χ3v) is 4.40. The van der Waals surface area contributed by atoms with Crippen LogP contribution in [0.3, 0.4) is 0 Å². The lowest BCUT2D eigenvalue weighted by Crippen LogP contribution is -2.25. The number of anilines is 1. The normalized spacial score (nSPS) is 10.7. The number of ether oxygens (including phenoxy) is 1. The molecule has 0 bridgehead atoms. The molecule has 0 atom stereocenters. The molecule has 2 aromatic heterocycles. The average Bonchev–Trinajstić information content (AvgIpc) is 2.69. The lowest BCUT2D eigenvalue weighted by atomic mass is 10.1. The first-order valence-corrected chi connectivity index (χ1v) is 8.90. The van der Waals surface area contributed by atoms with E-state index in [0.717, 1.165) is 12.0 Å². The minimum Gasteiger partial charge on any atom is -0.465 e. The van der Waals surface area contributed by atoms with Crippen molar-refractivity contribution in [2.24, 2.45) is 0 Å². The van der Waals surface area contributed by atoms with Gasteiger partial charge in [0, 0.05) is 17.6 Å². The quantitative estimate of drug-likeness (QED) is 0.689. The average molecular weight is 379 g/mol. The predicted octanol–water partition coefficient (Wildman–Crippen LogP) is 2.69. The van der Waals surface area contributed by atoms with Gasteiger partial charge in [0.05, 0.1) is 12.5 Å². The highest BCUT2D eigenvalue weighted by atomic mass is 16.5. The highest BCUT2D eigenvalue weighted by Crippen LogP contribution is 2.14. The Hall–Kier alpha value is -3.48. The number of nitrogens with zero attached hydrogens (tertiary/aromatic N) is 2. The number of carbonyl (C=O) groups excluding carboxylic acids is 2. The Morgan fingerprint density at radius 3 is 2.71 bits per heavy atom. The molecule has 0 saturated heterocycles. The molecule has 1 N–H and O–H groups in total. The number of esters is 1. The van der Waals surface area contributed by atoms with Crippen molar-refractivity contribution in [3.05, 3.63) is 69.6 Å². The topological polar surface area (TPSA) is 90.3 Å². The number of methoxy groups -OCH3 is 1. The van der Waals surface area contributed by atoms with Crippen LogP contribution >= 0.6 is 0 Å². The Bertz CT molecular complexity index is 1120. The number of rotatable bonds is 5. The fraction of sp³-hybridized carbons (Fsp3) is 0.238. The molecule has 1 amide bonds. The maximum absolute atomic E-state index is 12.6. The minimum absolute atomic E-state index is 0.104. The smallest absolute Gasteiger partial charge is 0.343 e. The van der Waals surface area contributed by atoms with Crippen molar-refractivity contribution < 1.29 is 14.3 Å². The largest absolute Gasteiger partial charge is 0.465 e. The molecule has 0 aliphatic rings. The summed E-state index contributed by atoms with van der Waals surface area (Å²) in [4.78, 5) is 41.5. The van der Waals surface area contributed by atoms with Gasteiger partial charge in [-0.1, -0.05) is 19.1 Å². The summed E-state index contributed by atoms with van der Waals surface area (Å²) < 4.78 is 6.19. The Labute approximate surface area is 162 Å². The number of aryl methyl sites for hydroxylation is 2. The number of hydrogen-bond acceptors (Lipinski definition) is 5. The first-order valence-electron chi connectivity index (χ1n) is 8.90. The number of benzene rings is 1. The summed E-state index contributed by atoms with van der Waals surface area (Å²) in [5.74, 6) is -1.05. The van der Waals surface area contributed by atoms with Gasteiger partial charge in [-0.15, -0.1) is 0 Å². The predicted molar refractivity (Wildman–Crippen MR) is 107 cm³/mol. The highest BCUT2D eigenvalue weighted by Gasteiger charge is 2.18. The van der Waals surface area contributed by atoms with E-state index in [1.165, 1.54) is 17.9 Å². The van der Waals surface area contributed by atoms with Gasteiger partial charge >= 0.3 is 5.97 Å². The van der Waals surface area contributed by atoms with E-state index in [1.54, 1.807) is 19.1 Å². The first-order chi connectivity index (χ1) is 13.4. The van der Waals surface area contributed by atoms with Crippen molar-refractivity contribution in [2.75, 3.05) is 12.4 Å². The van der Waals surface area contributed by atoms with Crippen molar-refractivity contribution in [1.29, 1.82) is 0 Å². The number of fused-ring (bicyclic) bond motifs is 1. The van der Waals surface area contributed by atoms with Gasteiger partial charge in [-0.25, -0.2) is 9.78 Å². The number of aromatic nitrogens is 2. The molecule has 1 aromatic carbocycles. The molecular formula is C21H21N3O4. The molecule has 0 unspecified atom stereocenters. The number of nitrogens with one attached hydrogen (secondary N) is 1. The van der Waals surface area contributed by atoms with Crippen molar-refractivity contribution in [3.8, 4) is 0 Å². The Kier molecular flexibility index (Phi) is 5.54. The van der Waals surface area contributed by atoms with Gasteiger partial charge in [0.1, 0.15) is 17.8 Å². The zero-order chi connectivity index (χ0) is 20.3. The molecule has 0 spiro atoms. The fourth-order valence-corrected chi connectivity index (χ4v) is 2.96. The zero-order valence-corrected chi connectivity index (χ0v) is 16.0. The van der Waals surface area contributed by atoms with Crippen LogP contribution in [0.2, 0.25) is 0 Å². The van der Waals surface area contributed by atoms with Gasteiger partial charge in [-0.2, -0.15) is 0 Å². The Morgan fingerprint density at radius 2 is 2.00 bits per heavy atom. The van der Waals surface area contributed by atoms with E-state index >= 15 is 0 Å². The van der Waals surface area contributed by atoms with Crippen LogP contribution in [0.1, 0.15) is 28.5 Å². The van der Waals surface area contributed by atoms with Crippen LogP contribution in [0.25, 0.3) is 11.0 Å². The summed E-state index contributed by atoms with van der Waals surface area (Å²) in [6.07, 6.45) is 2.19. The third-order valence-electron chi connectivity index (χ3n) is 4.40. The monoisotopic (exact) mass is 379 g/mol. The van der Waals surface area contributed by atoms with E-state index in [9.17, 15) is 14.4 Å². The highest BCUT2D eigenvalue weighted by molar-refractivity contribution is 5.94.